The van der Waals surface area contributed by atoms with Gasteiger partial charge in [-0.05, 0) is 36.2 Å². The summed E-state index contributed by atoms with van der Waals surface area (Å²) in [6.45, 7) is 0.786. The number of carbonyl (C=O) groups is 1. The number of pyridine rings is 1. The van der Waals surface area contributed by atoms with Gasteiger partial charge in [0.05, 0.1) is 0 Å². The van der Waals surface area contributed by atoms with Gasteiger partial charge in [-0.2, -0.15) is 0 Å². The average molecular weight is 346 g/mol. The van der Waals surface area contributed by atoms with Crippen LogP contribution < -0.4 is 10.1 Å². The maximum Gasteiger partial charge on any atom is 0.251 e. The Bertz CT molecular complexity index is 896. The van der Waals surface area contributed by atoms with Crippen molar-refractivity contribution in [2.24, 2.45) is 0 Å². The summed E-state index contributed by atoms with van der Waals surface area (Å²) in [5.41, 5.74) is 1.66. The van der Waals surface area contributed by atoms with Crippen molar-refractivity contribution >= 4 is 5.91 Å². The second-order valence-corrected chi connectivity index (χ2v) is 5.52. The van der Waals surface area contributed by atoms with Crippen molar-refractivity contribution in [3.05, 3.63) is 72.4 Å². The van der Waals surface area contributed by atoms with E-state index in [1.807, 2.05) is 24.3 Å². The van der Waals surface area contributed by atoms with Gasteiger partial charge in [-0.25, -0.2) is 9.97 Å². The molecular formula is C20H18N4O2. The molecule has 0 aliphatic heterocycles. The smallest absolute Gasteiger partial charge is 0.251 e. The number of ether oxygens (including phenoxy) is 1. The first-order valence-electron chi connectivity index (χ1n) is 8.14. The van der Waals surface area contributed by atoms with Crippen molar-refractivity contribution in [2.75, 3.05) is 13.2 Å². The van der Waals surface area contributed by atoms with Crippen LogP contribution in [0.25, 0.3) is 5.82 Å². The summed E-state index contributed by atoms with van der Waals surface area (Å²) in [4.78, 5) is 20.5. The van der Waals surface area contributed by atoms with Crippen molar-refractivity contribution < 1.29 is 9.53 Å². The molecule has 0 spiro atoms. The molecule has 0 unspecified atom stereocenters. The van der Waals surface area contributed by atoms with Gasteiger partial charge in [0.1, 0.15) is 24.5 Å². The van der Waals surface area contributed by atoms with E-state index in [9.17, 15) is 4.79 Å². The first kappa shape index (κ1) is 17.2. The standard InChI is InChI=1S/C20H18N4O2/c1-2-13-26-18-5-3-16(4-6-18)7-9-23-20(25)17-8-10-22-19(14-17)24-12-11-21-15-24/h1,3-6,8,10-12,14-15H,7,9,13H2,(H,23,25). The number of carbonyl (C=O) groups excluding carboxylic acids is 1. The van der Waals surface area contributed by atoms with E-state index in [1.165, 1.54) is 0 Å². The topological polar surface area (TPSA) is 69.0 Å². The molecule has 26 heavy (non-hydrogen) atoms. The normalized spacial score (nSPS) is 10.1. The molecule has 3 rings (SSSR count). The summed E-state index contributed by atoms with van der Waals surface area (Å²) in [5.74, 6) is 3.68. The lowest BCUT2D eigenvalue weighted by molar-refractivity contribution is 0.0954. The van der Waals surface area contributed by atoms with E-state index < -0.39 is 0 Å². The number of nitrogens with one attached hydrogen (secondary N) is 1. The Morgan fingerprint density at radius 1 is 1.23 bits per heavy atom. The summed E-state index contributed by atoms with van der Waals surface area (Å²) in [7, 11) is 0. The number of hydrogen-bond acceptors (Lipinski definition) is 4. The van der Waals surface area contributed by atoms with E-state index in [2.05, 4.69) is 21.2 Å². The van der Waals surface area contributed by atoms with Crippen molar-refractivity contribution in [1.29, 1.82) is 0 Å². The number of aromatic nitrogens is 3. The Hall–Kier alpha value is -3.59. The van der Waals surface area contributed by atoms with E-state index in [0.29, 0.717) is 17.9 Å². The van der Waals surface area contributed by atoms with Crippen LogP contribution in [-0.4, -0.2) is 33.6 Å². The van der Waals surface area contributed by atoms with Crippen molar-refractivity contribution in [2.45, 2.75) is 6.42 Å². The molecule has 0 aliphatic carbocycles. The molecule has 0 saturated carbocycles. The number of imidazole rings is 1. The van der Waals surface area contributed by atoms with Gasteiger partial charge in [0, 0.05) is 30.7 Å². The largest absolute Gasteiger partial charge is 0.481 e. The Morgan fingerprint density at radius 2 is 2.08 bits per heavy atom. The van der Waals surface area contributed by atoms with Gasteiger partial charge in [0.25, 0.3) is 5.91 Å². The van der Waals surface area contributed by atoms with Crippen molar-refractivity contribution in [1.82, 2.24) is 19.9 Å². The van der Waals surface area contributed by atoms with Crippen molar-refractivity contribution in [3.63, 3.8) is 0 Å². The van der Waals surface area contributed by atoms with Gasteiger partial charge in [-0.15, -0.1) is 6.42 Å². The maximum absolute atomic E-state index is 12.3. The van der Waals surface area contributed by atoms with Crippen LogP contribution in [0, 0.1) is 12.3 Å². The first-order valence-corrected chi connectivity index (χ1v) is 8.14. The number of nitrogens with zero attached hydrogens (tertiary/aromatic N) is 3. The predicted octanol–water partition coefficient (Wildman–Crippen LogP) is 2.25. The third-order valence-electron chi connectivity index (χ3n) is 3.72. The van der Waals surface area contributed by atoms with Crippen LogP contribution in [-0.2, 0) is 6.42 Å². The van der Waals surface area contributed by atoms with Gasteiger partial charge in [0.2, 0.25) is 0 Å². The molecule has 0 radical (unpaired) electrons. The van der Waals surface area contributed by atoms with Crippen molar-refractivity contribution in [3.8, 4) is 23.9 Å². The van der Waals surface area contributed by atoms with E-state index in [0.717, 1.165) is 17.7 Å². The zero-order valence-electron chi connectivity index (χ0n) is 14.1. The number of rotatable bonds is 7. The molecule has 2 heterocycles. The van der Waals surface area contributed by atoms with Crippen LogP contribution in [0.15, 0.2) is 61.3 Å². The zero-order valence-corrected chi connectivity index (χ0v) is 14.1. The lowest BCUT2D eigenvalue weighted by atomic mass is 10.1. The number of benzene rings is 1. The maximum atomic E-state index is 12.3. The quantitative estimate of drug-likeness (QED) is 0.666. The molecule has 0 fully saturated rings. The molecule has 0 aliphatic rings. The SMILES string of the molecule is C#CCOc1ccc(CCNC(=O)c2ccnc(-n3ccnc3)c2)cc1. The van der Waals surface area contributed by atoms with Gasteiger partial charge in [-0.3, -0.25) is 9.36 Å². The molecule has 1 N–H and O–H groups in total. The Balaban J connectivity index is 1.53. The fourth-order valence-corrected chi connectivity index (χ4v) is 2.40. The highest BCUT2D eigenvalue weighted by Crippen LogP contribution is 2.12. The molecule has 6 heteroatoms. The molecule has 6 nitrogen and oxygen atoms in total. The highest BCUT2D eigenvalue weighted by atomic mass is 16.5. The van der Waals surface area contributed by atoms with Crippen LogP contribution in [0.1, 0.15) is 15.9 Å². The van der Waals surface area contributed by atoms with E-state index >= 15 is 0 Å². The third kappa shape index (κ3) is 4.48. The minimum atomic E-state index is -0.136. The summed E-state index contributed by atoms with van der Waals surface area (Å²) in [5, 5.41) is 2.92. The van der Waals surface area contributed by atoms with Gasteiger partial charge < -0.3 is 10.1 Å². The molecule has 1 aromatic carbocycles. The predicted molar refractivity (Wildman–Crippen MR) is 98.2 cm³/mol. The Labute approximate surface area is 151 Å². The van der Waals surface area contributed by atoms with Crippen LogP contribution >= 0.6 is 0 Å². The minimum absolute atomic E-state index is 0.136. The van der Waals surface area contributed by atoms with E-state index in [4.69, 9.17) is 11.2 Å². The highest BCUT2D eigenvalue weighted by Gasteiger charge is 2.07. The van der Waals surface area contributed by atoms with Crippen LogP contribution in [0.5, 0.6) is 5.75 Å². The van der Waals surface area contributed by atoms with Gasteiger partial charge >= 0.3 is 0 Å². The number of amides is 1. The Kier molecular flexibility index (Phi) is 5.63. The fraction of sp³-hybridized carbons (Fsp3) is 0.150. The average Bonchev–Trinajstić information content (AvgIpc) is 3.22. The first-order chi connectivity index (χ1) is 12.8. The Morgan fingerprint density at radius 3 is 2.81 bits per heavy atom. The van der Waals surface area contributed by atoms with Gasteiger partial charge in [0.15, 0.2) is 0 Å². The molecular weight excluding hydrogens is 328 g/mol. The molecule has 0 saturated heterocycles. The molecule has 0 bridgehead atoms. The van der Waals surface area contributed by atoms with Gasteiger partial charge in [-0.1, -0.05) is 18.1 Å². The second kappa shape index (κ2) is 8.49. The summed E-state index contributed by atoms with van der Waals surface area (Å²) < 4.78 is 7.08. The molecule has 2 aromatic heterocycles. The van der Waals surface area contributed by atoms with Crippen LogP contribution in [0.3, 0.4) is 0 Å². The minimum Gasteiger partial charge on any atom is -0.481 e. The third-order valence-corrected chi connectivity index (χ3v) is 3.72. The monoisotopic (exact) mass is 346 g/mol. The highest BCUT2D eigenvalue weighted by molar-refractivity contribution is 5.94. The second-order valence-electron chi connectivity index (χ2n) is 5.52. The lowest BCUT2D eigenvalue weighted by Gasteiger charge is -2.08. The lowest BCUT2D eigenvalue weighted by Crippen LogP contribution is -2.25. The molecule has 3 aromatic rings. The molecule has 0 atom stereocenters. The molecule has 1 amide bonds. The fourth-order valence-electron chi connectivity index (χ4n) is 2.40. The van der Waals surface area contributed by atoms with E-state index in [-0.39, 0.29) is 12.5 Å². The van der Waals surface area contributed by atoms with Crippen LogP contribution in [0.4, 0.5) is 0 Å². The summed E-state index contributed by atoms with van der Waals surface area (Å²) >= 11 is 0. The summed E-state index contributed by atoms with van der Waals surface area (Å²) in [6.07, 6.45) is 12.6. The van der Waals surface area contributed by atoms with Crippen LogP contribution in [0.2, 0.25) is 0 Å². The number of hydrogen-bond donors (Lipinski definition) is 1. The summed E-state index contributed by atoms with van der Waals surface area (Å²) in [6, 6.07) is 11.1. The zero-order chi connectivity index (χ0) is 18.2. The number of terminal acetylenes is 1. The van der Waals surface area contributed by atoms with E-state index in [1.54, 1.807) is 41.6 Å². The molecule has 130 valence electrons.